The van der Waals surface area contributed by atoms with E-state index in [1.165, 1.54) is 358 Å². The molecule has 0 aromatic heterocycles. The van der Waals surface area contributed by atoms with Crippen molar-refractivity contribution in [2.24, 2.45) is 0 Å². The van der Waals surface area contributed by atoms with Crippen LogP contribution in [0.1, 0.15) is 506 Å². The third-order valence-corrected chi connectivity index (χ3v) is 23.8. The minimum Gasteiger partial charge on any atom is -0.744 e. The number of hydrogen-bond donors (Lipinski definition) is 0. The quantitative estimate of drug-likeness (QED) is 0.0150. The zero-order valence-electron chi connectivity index (χ0n) is 75.2. The van der Waals surface area contributed by atoms with Crippen LogP contribution in [0.15, 0.2) is 94.8 Å². The average Bonchev–Trinajstić information content (AvgIpc) is 0.796. The number of esters is 4. The van der Waals surface area contributed by atoms with Gasteiger partial charge in [0.05, 0.1) is 58.5 Å². The van der Waals surface area contributed by atoms with Gasteiger partial charge >= 0.3 is 61.6 Å². The van der Waals surface area contributed by atoms with E-state index in [1.54, 1.807) is 0 Å². The van der Waals surface area contributed by atoms with Gasteiger partial charge in [-0.3, -0.25) is 0 Å². The first-order chi connectivity index (χ1) is 56.6. The summed E-state index contributed by atoms with van der Waals surface area (Å²) in [5.41, 5.74) is -1.63. The molecular formula is C100H170CaO14S2. The standard InChI is InChI=1S/2C50H86O7S.Ca/c2*1-3-5-7-9-11-13-15-17-19-21-23-25-27-29-31-33-35-37-39-44-56-49(51)46-42-41-43-47(58(53,54)55)48(46)50(52)57-45-40-38-36-34-32-30-28-26-24-22-20-18-16-14-12-10-8-6-4-2;/h2*31-34,41-43H,3-30,35-40,44-45H2,1-2H3,(H,53,54,55);/q;;+2/p-2/b2*33-31+,34-32+;. The van der Waals surface area contributed by atoms with E-state index in [-0.39, 0.29) is 75.3 Å². The SMILES string of the molecule is CCCCCCCCCCCCCCC/C=C/CCCCOC(=O)c1cccc(S(=O)(=O)[O-])c1C(=O)OCCCC/C=C/CCCCCCCCCCCCCCC.CCCCCCCCCCCCCCC/C=C/CCCCOC(=O)c1cccc(S(=O)(=O)[O-])c1C(=O)OCCCC/C=C/CCCCCCCCCCCCCCC.[Ca+2]. The molecule has 0 aliphatic carbocycles. The minimum absolute atomic E-state index is 0. The summed E-state index contributed by atoms with van der Waals surface area (Å²) in [6.07, 6.45) is 101. The van der Waals surface area contributed by atoms with Crippen LogP contribution in [0, 0.1) is 0 Å². The van der Waals surface area contributed by atoms with Crippen LogP contribution in [0.2, 0.25) is 0 Å². The van der Waals surface area contributed by atoms with Crippen molar-refractivity contribution in [1.82, 2.24) is 0 Å². The molecule has 14 nitrogen and oxygen atoms in total. The minimum atomic E-state index is -5.03. The van der Waals surface area contributed by atoms with Gasteiger partial charge in [-0.2, -0.15) is 0 Å². The van der Waals surface area contributed by atoms with Gasteiger partial charge in [-0.25, -0.2) is 36.0 Å². The van der Waals surface area contributed by atoms with Crippen LogP contribution in [-0.2, 0) is 39.2 Å². The second kappa shape index (κ2) is 84.6. The fourth-order valence-corrected chi connectivity index (χ4v) is 16.1. The van der Waals surface area contributed by atoms with Crippen LogP contribution < -0.4 is 0 Å². The number of carbonyl (C=O) groups is 4. The van der Waals surface area contributed by atoms with Crippen LogP contribution in [0.5, 0.6) is 0 Å². The third-order valence-electron chi connectivity index (χ3n) is 22.0. The number of benzene rings is 2. The Balaban J connectivity index is 0.00000228. The fourth-order valence-electron chi connectivity index (χ4n) is 14.7. The largest absolute Gasteiger partial charge is 2.00 e. The molecule has 0 saturated carbocycles. The summed E-state index contributed by atoms with van der Waals surface area (Å²) in [5, 5.41) is 0. The van der Waals surface area contributed by atoms with Crippen molar-refractivity contribution in [3.63, 3.8) is 0 Å². The zero-order chi connectivity index (χ0) is 84.4. The van der Waals surface area contributed by atoms with Gasteiger partial charge in [-0.15, -0.1) is 0 Å². The Morgan fingerprint density at radius 1 is 0.239 bits per heavy atom. The fraction of sp³-hybridized carbons (Fsp3) is 0.760. The number of ether oxygens (including phenoxy) is 4. The van der Waals surface area contributed by atoms with Crippen molar-refractivity contribution in [2.75, 3.05) is 26.4 Å². The monoisotopic (exact) mass is 1700 g/mol. The van der Waals surface area contributed by atoms with Crippen molar-refractivity contribution in [3.8, 4) is 0 Å². The van der Waals surface area contributed by atoms with Gasteiger partial charge in [0.1, 0.15) is 20.2 Å². The second-order valence-corrected chi connectivity index (χ2v) is 35.5. The van der Waals surface area contributed by atoms with Gasteiger partial charge < -0.3 is 28.1 Å². The second-order valence-electron chi connectivity index (χ2n) is 32.8. The van der Waals surface area contributed by atoms with E-state index < -0.39 is 65.0 Å². The maximum Gasteiger partial charge on any atom is 2.00 e. The van der Waals surface area contributed by atoms with E-state index >= 15 is 0 Å². The van der Waals surface area contributed by atoms with Crippen LogP contribution in [0.4, 0.5) is 0 Å². The maximum atomic E-state index is 13.0. The summed E-state index contributed by atoms with van der Waals surface area (Å²) < 4.78 is 93.6. The normalized spacial score (nSPS) is 11.8. The van der Waals surface area contributed by atoms with Crippen molar-refractivity contribution >= 4 is 81.9 Å². The molecule has 0 heterocycles. The smallest absolute Gasteiger partial charge is 0.744 e. The van der Waals surface area contributed by atoms with Crippen molar-refractivity contribution in [2.45, 2.75) is 474 Å². The number of allylic oxidation sites excluding steroid dienone is 8. The first kappa shape index (κ1) is 113. The summed E-state index contributed by atoms with van der Waals surface area (Å²) in [6, 6.07) is 7.20. The Hall–Kier alpha value is -3.64. The molecule has 2 aromatic rings. The Labute approximate surface area is 747 Å². The molecule has 0 amide bonds. The average molecular weight is 1700 g/mol. The molecule has 0 aliphatic rings. The number of carbonyl (C=O) groups excluding carboxylic acids is 4. The molecule has 0 aliphatic heterocycles. The molecule has 0 unspecified atom stereocenters. The molecule has 17 heteroatoms. The molecule has 0 radical (unpaired) electrons. The van der Waals surface area contributed by atoms with E-state index in [0.29, 0.717) is 25.7 Å². The van der Waals surface area contributed by atoms with Gasteiger partial charge in [0.15, 0.2) is 0 Å². The molecule has 0 fully saturated rings. The predicted molar refractivity (Wildman–Crippen MR) is 489 cm³/mol. The topological polar surface area (TPSA) is 220 Å². The molecule has 2 aromatic carbocycles. The third kappa shape index (κ3) is 69.5. The Bertz CT molecular complexity index is 2810. The predicted octanol–water partition coefficient (Wildman–Crippen LogP) is 30.3. The van der Waals surface area contributed by atoms with Gasteiger partial charge in [0.2, 0.25) is 0 Å². The van der Waals surface area contributed by atoms with Crippen molar-refractivity contribution in [1.29, 1.82) is 0 Å². The van der Waals surface area contributed by atoms with Gasteiger partial charge in [-0.05, 0) is 153 Å². The summed E-state index contributed by atoms with van der Waals surface area (Å²) >= 11 is 0. The number of unbranched alkanes of at least 4 members (excludes halogenated alkanes) is 60. The molecule has 0 atom stereocenters. The summed E-state index contributed by atoms with van der Waals surface area (Å²) in [6.45, 7) is 9.43. The molecule has 0 N–H and O–H groups in total. The van der Waals surface area contributed by atoms with Crippen LogP contribution in [-0.4, -0.2) is 114 Å². The molecule has 117 heavy (non-hydrogen) atoms. The molecule has 2 rings (SSSR count). The van der Waals surface area contributed by atoms with E-state index in [4.69, 9.17) is 18.9 Å². The first-order valence-corrected chi connectivity index (χ1v) is 50.9. The molecule has 668 valence electrons. The molecule has 0 saturated heterocycles. The number of rotatable bonds is 82. The molecular weight excluding hydrogens is 1530 g/mol. The van der Waals surface area contributed by atoms with E-state index in [9.17, 15) is 45.1 Å². The van der Waals surface area contributed by atoms with Crippen molar-refractivity contribution in [3.05, 3.63) is 107 Å². The zero-order valence-corrected chi connectivity index (χ0v) is 79.1. The first-order valence-electron chi connectivity index (χ1n) is 48.1. The van der Waals surface area contributed by atoms with Crippen LogP contribution in [0.3, 0.4) is 0 Å². The van der Waals surface area contributed by atoms with Gasteiger partial charge in [0.25, 0.3) is 0 Å². The molecule has 0 spiro atoms. The van der Waals surface area contributed by atoms with Crippen LogP contribution >= 0.6 is 0 Å². The molecule has 0 bridgehead atoms. The maximum absolute atomic E-state index is 13.0. The van der Waals surface area contributed by atoms with E-state index in [1.807, 2.05) is 0 Å². The summed E-state index contributed by atoms with van der Waals surface area (Å²) in [4.78, 5) is 50.4. The van der Waals surface area contributed by atoms with Gasteiger partial charge in [-0.1, -0.05) is 397 Å². The Morgan fingerprint density at radius 2 is 0.393 bits per heavy atom. The van der Waals surface area contributed by atoms with Crippen molar-refractivity contribution < 1.29 is 64.1 Å². The van der Waals surface area contributed by atoms with Crippen LogP contribution in [0.25, 0.3) is 0 Å². The van der Waals surface area contributed by atoms with E-state index in [2.05, 4.69) is 76.3 Å². The van der Waals surface area contributed by atoms with E-state index in [0.717, 1.165) is 89.2 Å². The summed E-state index contributed by atoms with van der Waals surface area (Å²) in [7, 11) is -10.1. The Kier molecular flexibility index (Phi) is 81.9. The van der Waals surface area contributed by atoms with Gasteiger partial charge in [0, 0.05) is 0 Å². The number of hydrogen-bond acceptors (Lipinski definition) is 14. The summed E-state index contributed by atoms with van der Waals surface area (Å²) in [5.74, 6) is -3.70. The Morgan fingerprint density at radius 3 is 0.564 bits per heavy atom.